The third kappa shape index (κ3) is 4.23. The fourth-order valence-corrected chi connectivity index (χ4v) is 2.60. The van der Waals surface area contributed by atoms with Crippen molar-refractivity contribution in [3.63, 3.8) is 0 Å². The topological polar surface area (TPSA) is 69.0 Å². The second-order valence-corrected chi connectivity index (χ2v) is 5.75. The molecule has 0 fully saturated rings. The Morgan fingerprint density at radius 1 is 1.20 bits per heavy atom. The van der Waals surface area contributed by atoms with E-state index in [0.717, 1.165) is 28.0 Å². The van der Waals surface area contributed by atoms with Crippen molar-refractivity contribution in [3.8, 4) is 16.9 Å². The first-order valence-electron chi connectivity index (χ1n) is 7.97. The molecule has 0 spiro atoms. The molecular formula is C19H20N4O2. The van der Waals surface area contributed by atoms with E-state index < -0.39 is 0 Å². The lowest BCUT2D eigenvalue weighted by molar-refractivity contribution is -0.120. The summed E-state index contributed by atoms with van der Waals surface area (Å²) in [6.45, 7) is 0.426. The zero-order valence-corrected chi connectivity index (χ0v) is 14.3. The molecule has 0 aliphatic heterocycles. The largest absolute Gasteiger partial charge is 0.496 e. The van der Waals surface area contributed by atoms with Crippen LogP contribution in [0.3, 0.4) is 0 Å². The van der Waals surface area contributed by atoms with Crippen molar-refractivity contribution in [2.45, 2.75) is 13.0 Å². The maximum absolute atomic E-state index is 12.2. The summed E-state index contributed by atoms with van der Waals surface area (Å²) < 4.78 is 7.02. The van der Waals surface area contributed by atoms with Crippen LogP contribution in [0.4, 0.5) is 0 Å². The summed E-state index contributed by atoms with van der Waals surface area (Å²) in [6.07, 6.45) is 7.54. The van der Waals surface area contributed by atoms with E-state index in [4.69, 9.17) is 4.74 Å². The number of para-hydroxylation sites is 1. The fraction of sp³-hybridized carbons (Fsp3) is 0.211. The van der Waals surface area contributed by atoms with Gasteiger partial charge in [0.2, 0.25) is 5.91 Å². The molecule has 0 unspecified atom stereocenters. The van der Waals surface area contributed by atoms with Gasteiger partial charge in [-0.05, 0) is 17.7 Å². The van der Waals surface area contributed by atoms with Crippen LogP contribution in [0.25, 0.3) is 11.1 Å². The summed E-state index contributed by atoms with van der Waals surface area (Å²) in [7, 11) is 3.48. The van der Waals surface area contributed by atoms with E-state index in [2.05, 4.69) is 15.4 Å². The van der Waals surface area contributed by atoms with Crippen LogP contribution in [-0.2, 0) is 24.8 Å². The Morgan fingerprint density at radius 3 is 2.80 bits per heavy atom. The lowest BCUT2D eigenvalue weighted by Crippen LogP contribution is -2.24. The Morgan fingerprint density at radius 2 is 2.04 bits per heavy atom. The minimum absolute atomic E-state index is 0.0590. The number of hydrogen-bond acceptors (Lipinski definition) is 4. The summed E-state index contributed by atoms with van der Waals surface area (Å²) in [5.41, 5.74) is 3.78. The van der Waals surface area contributed by atoms with Gasteiger partial charge in [-0.25, -0.2) is 0 Å². The standard InChI is InChI=1S/C19H20N4O2/c1-23-13-17(12-22-23)16-7-14(9-20-11-16)10-21-19(24)8-15-5-3-4-6-18(15)25-2/h3-7,9,11-13H,8,10H2,1-2H3,(H,21,24). The highest BCUT2D eigenvalue weighted by Gasteiger charge is 2.09. The zero-order valence-electron chi connectivity index (χ0n) is 14.3. The number of carbonyl (C=O) groups excluding carboxylic acids is 1. The predicted octanol–water partition coefficient (Wildman–Crippen LogP) is 2.35. The number of methoxy groups -OCH3 is 1. The van der Waals surface area contributed by atoms with Gasteiger partial charge in [0.15, 0.2) is 0 Å². The van der Waals surface area contributed by atoms with Crippen molar-refractivity contribution in [1.29, 1.82) is 0 Å². The van der Waals surface area contributed by atoms with Gasteiger partial charge < -0.3 is 10.1 Å². The molecule has 6 heteroatoms. The Balaban J connectivity index is 1.62. The molecule has 0 saturated carbocycles. The van der Waals surface area contributed by atoms with Gasteiger partial charge in [0, 0.05) is 48.9 Å². The average Bonchev–Trinajstić information content (AvgIpc) is 3.07. The molecule has 0 atom stereocenters. The number of nitrogens with zero attached hydrogens (tertiary/aromatic N) is 3. The number of rotatable bonds is 6. The molecule has 3 aromatic rings. The summed E-state index contributed by atoms with van der Waals surface area (Å²) >= 11 is 0. The molecule has 3 rings (SSSR count). The van der Waals surface area contributed by atoms with E-state index in [-0.39, 0.29) is 12.3 Å². The van der Waals surface area contributed by atoms with Crippen LogP contribution >= 0.6 is 0 Å². The van der Waals surface area contributed by atoms with Crippen molar-refractivity contribution in [2.24, 2.45) is 7.05 Å². The molecule has 1 aromatic carbocycles. The van der Waals surface area contributed by atoms with Crippen molar-refractivity contribution in [1.82, 2.24) is 20.1 Å². The average molecular weight is 336 g/mol. The van der Waals surface area contributed by atoms with Crippen molar-refractivity contribution in [2.75, 3.05) is 7.11 Å². The molecule has 128 valence electrons. The maximum atomic E-state index is 12.2. The van der Waals surface area contributed by atoms with Gasteiger partial charge in [0.25, 0.3) is 0 Å². The number of carbonyl (C=O) groups is 1. The molecule has 2 heterocycles. The zero-order chi connectivity index (χ0) is 17.6. The third-order valence-corrected chi connectivity index (χ3v) is 3.87. The molecule has 0 bridgehead atoms. The van der Waals surface area contributed by atoms with Gasteiger partial charge in [-0.3, -0.25) is 14.5 Å². The van der Waals surface area contributed by atoms with Gasteiger partial charge in [0.05, 0.1) is 19.7 Å². The molecule has 1 amide bonds. The van der Waals surface area contributed by atoms with Gasteiger partial charge >= 0.3 is 0 Å². The van der Waals surface area contributed by atoms with E-state index in [1.165, 1.54) is 0 Å². The van der Waals surface area contributed by atoms with Gasteiger partial charge in [0.1, 0.15) is 5.75 Å². The Hall–Kier alpha value is -3.15. The van der Waals surface area contributed by atoms with Crippen LogP contribution in [-0.4, -0.2) is 27.8 Å². The molecule has 25 heavy (non-hydrogen) atoms. The van der Waals surface area contributed by atoms with E-state index in [1.54, 1.807) is 30.4 Å². The molecule has 0 aliphatic carbocycles. The first kappa shape index (κ1) is 16.7. The number of ether oxygens (including phenoxy) is 1. The van der Waals surface area contributed by atoms with Crippen molar-refractivity contribution >= 4 is 5.91 Å². The Labute approximate surface area is 146 Å². The molecule has 1 N–H and O–H groups in total. The number of pyridine rings is 1. The molecule has 6 nitrogen and oxygen atoms in total. The highest BCUT2D eigenvalue weighted by Crippen LogP contribution is 2.19. The van der Waals surface area contributed by atoms with Gasteiger partial charge in [-0.2, -0.15) is 5.10 Å². The minimum Gasteiger partial charge on any atom is -0.496 e. The Kier molecular flexibility index (Phi) is 5.09. The van der Waals surface area contributed by atoms with Gasteiger partial charge in [-0.15, -0.1) is 0 Å². The summed E-state index contributed by atoms with van der Waals surface area (Å²) in [5, 5.41) is 7.09. The monoisotopic (exact) mass is 336 g/mol. The lowest BCUT2D eigenvalue weighted by Gasteiger charge is -2.09. The van der Waals surface area contributed by atoms with E-state index in [9.17, 15) is 4.79 Å². The second-order valence-electron chi connectivity index (χ2n) is 5.75. The molecule has 0 saturated heterocycles. The lowest BCUT2D eigenvalue weighted by atomic mass is 10.1. The fourth-order valence-electron chi connectivity index (χ4n) is 2.60. The van der Waals surface area contributed by atoms with Crippen molar-refractivity contribution in [3.05, 3.63) is 66.2 Å². The summed E-state index contributed by atoms with van der Waals surface area (Å²) in [4.78, 5) is 16.5. The highest BCUT2D eigenvalue weighted by atomic mass is 16.5. The number of aryl methyl sites for hydroxylation is 1. The van der Waals surface area contributed by atoms with E-state index in [1.807, 2.05) is 43.6 Å². The SMILES string of the molecule is COc1ccccc1CC(=O)NCc1cncc(-c2cnn(C)c2)c1. The Bertz CT molecular complexity index is 873. The molecule has 0 aliphatic rings. The smallest absolute Gasteiger partial charge is 0.224 e. The van der Waals surface area contributed by atoms with Crippen LogP contribution in [0.2, 0.25) is 0 Å². The number of aromatic nitrogens is 3. The normalized spacial score (nSPS) is 10.5. The molecule has 2 aromatic heterocycles. The molecular weight excluding hydrogens is 316 g/mol. The van der Waals surface area contributed by atoms with E-state index >= 15 is 0 Å². The first-order valence-corrected chi connectivity index (χ1v) is 7.97. The quantitative estimate of drug-likeness (QED) is 0.750. The van der Waals surface area contributed by atoms with Crippen LogP contribution in [0.15, 0.2) is 55.1 Å². The number of hydrogen-bond donors (Lipinski definition) is 1. The second kappa shape index (κ2) is 7.61. The number of amides is 1. The van der Waals surface area contributed by atoms with Gasteiger partial charge in [-0.1, -0.05) is 18.2 Å². The predicted molar refractivity (Wildman–Crippen MR) is 95.0 cm³/mol. The van der Waals surface area contributed by atoms with E-state index in [0.29, 0.717) is 6.54 Å². The van der Waals surface area contributed by atoms with Crippen LogP contribution in [0.5, 0.6) is 5.75 Å². The number of benzene rings is 1. The van der Waals surface area contributed by atoms with Crippen LogP contribution in [0, 0.1) is 0 Å². The summed E-state index contributed by atoms with van der Waals surface area (Å²) in [6, 6.07) is 9.53. The molecule has 0 radical (unpaired) electrons. The maximum Gasteiger partial charge on any atom is 0.224 e. The van der Waals surface area contributed by atoms with Crippen molar-refractivity contribution < 1.29 is 9.53 Å². The minimum atomic E-state index is -0.0590. The first-order chi connectivity index (χ1) is 12.2. The van der Waals surface area contributed by atoms with Crippen LogP contribution in [0.1, 0.15) is 11.1 Å². The number of nitrogens with one attached hydrogen (secondary N) is 1. The van der Waals surface area contributed by atoms with Crippen LogP contribution < -0.4 is 10.1 Å². The highest BCUT2D eigenvalue weighted by molar-refractivity contribution is 5.79. The third-order valence-electron chi connectivity index (χ3n) is 3.87. The summed E-state index contributed by atoms with van der Waals surface area (Å²) in [5.74, 6) is 0.661.